The van der Waals surface area contributed by atoms with Gasteiger partial charge in [0.25, 0.3) is 15.9 Å². The van der Waals surface area contributed by atoms with Crippen LogP contribution in [-0.2, 0) is 14.8 Å². The summed E-state index contributed by atoms with van der Waals surface area (Å²) in [5.41, 5.74) is 1.25. The zero-order valence-electron chi connectivity index (χ0n) is 16.2. The summed E-state index contributed by atoms with van der Waals surface area (Å²) in [5, 5.41) is 2.41. The molecule has 1 atom stereocenters. The summed E-state index contributed by atoms with van der Waals surface area (Å²) in [6, 6.07) is 23.5. The SMILES string of the molecule is CC(NC(=O)NS(=O)(=O)c1ccccc1)C(=O)N(c1ccccc1)c1ccccc1. The largest absolute Gasteiger partial charge is 0.329 e. The van der Waals surface area contributed by atoms with Crippen LogP contribution in [0.2, 0.25) is 0 Å². The summed E-state index contributed by atoms with van der Waals surface area (Å²) in [7, 11) is -4.04. The van der Waals surface area contributed by atoms with Gasteiger partial charge in [-0.2, -0.15) is 0 Å². The van der Waals surface area contributed by atoms with Crippen molar-refractivity contribution in [1.29, 1.82) is 0 Å². The predicted octanol–water partition coefficient (Wildman–Crippen LogP) is 3.43. The molecule has 2 N–H and O–H groups in total. The van der Waals surface area contributed by atoms with E-state index < -0.39 is 28.0 Å². The van der Waals surface area contributed by atoms with Gasteiger partial charge >= 0.3 is 6.03 Å². The number of benzene rings is 3. The minimum atomic E-state index is -4.04. The number of rotatable bonds is 6. The van der Waals surface area contributed by atoms with Crippen LogP contribution in [0.3, 0.4) is 0 Å². The molecule has 0 aliphatic rings. The number of nitrogens with zero attached hydrogens (tertiary/aromatic N) is 1. The van der Waals surface area contributed by atoms with Crippen molar-refractivity contribution in [3.63, 3.8) is 0 Å². The Morgan fingerprint density at radius 2 is 1.20 bits per heavy atom. The van der Waals surface area contributed by atoms with E-state index in [-0.39, 0.29) is 4.90 Å². The zero-order valence-corrected chi connectivity index (χ0v) is 17.0. The highest BCUT2D eigenvalue weighted by molar-refractivity contribution is 7.90. The smallest absolute Gasteiger partial charge is 0.326 e. The average Bonchev–Trinajstić information content (AvgIpc) is 2.75. The second-order valence-corrected chi connectivity index (χ2v) is 8.14. The molecule has 0 bridgehead atoms. The average molecular weight is 423 g/mol. The Labute approximate surface area is 175 Å². The molecule has 0 aromatic heterocycles. The van der Waals surface area contributed by atoms with E-state index in [1.54, 1.807) is 66.7 Å². The number of hydrogen-bond donors (Lipinski definition) is 2. The third kappa shape index (κ3) is 5.03. The van der Waals surface area contributed by atoms with Crippen LogP contribution < -0.4 is 14.9 Å². The fourth-order valence-corrected chi connectivity index (χ4v) is 3.76. The lowest BCUT2D eigenvalue weighted by Gasteiger charge is -2.26. The Balaban J connectivity index is 1.76. The molecule has 1 unspecified atom stereocenters. The Hall–Kier alpha value is -3.65. The molecule has 0 spiro atoms. The number of urea groups is 1. The maximum atomic E-state index is 13.1. The Morgan fingerprint density at radius 1 is 0.767 bits per heavy atom. The van der Waals surface area contributed by atoms with Gasteiger partial charge in [0, 0.05) is 11.4 Å². The normalized spacial score (nSPS) is 11.9. The van der Waals surface area contributed by atoms with Crippen LogP contribution in [0.1, 0.15) is 6.92 Å². The molecule has 0 aliphatic heterocycles. The molecule has 3 rings (SSSR count). The van der Waals surface area contributed by atoms with Crippen molar-refractivity contribution >= 4 is 33.3 Å². The van der Waals surface area contributed by atoms with Gasteiger partial charge in [-0.3, -0.25) is 9.69 Å². The number of nitrogens with one attached hydrogen (secondary N) is 2. The molecule has 0 aliphatic carbocycles. The quantitative estimate of drug-likeness (QED) is 0.635. The lowest BCUT2D eigenvalue weighted by molar-refractivity contribution is -0.119. The Morgan fingerprint density at radius 3 is 1.67 bits per heavy atom. The molecule has 0 fully saturated rings. The van der Waals surface area contributed by atoms with Crippen molar-refractivity contribution in [2.45, 2.75) is 17.9 Å². The first-order chi connectivity index (χ1) is 14.4. The molecule has 0 saturated carbocycles. The maximum absolute atomic E-state index is 13.1. The van der Waals surface area contributed by atoms with Crippen molar-refractivity contribution in [1.82, 2.24) is 10.0 Å². The molecular weight excluding hydrogens is 402 g/mol. The first kappa shape index (κ1) is 21.1. The molecule has 0 saturated heterocycles. The first-order valence-electron chi connectivity index (χ1n) is 9.21. The summed E-state index contributed by atoms with van der Waals surface area (Å²) >= 11 is 0. The fraction of sp³-hybridized carbons (Fsp3) is 0.0909. The van der Waals surface area contributed by atoms with E-state index in [4.69, 9.17) is 0 Å². The van der Waals surface area contributed by atoms with Gasteiger partial charge in [-0.25, -0.2) is 17.9 Å². The monoisotopic (exact) mass is 423 g/mol. The van der Waals surface area contributed by atoms with E-state index >= 15 is 0 Å². The number of para-hydroxylation sites is 2. The Kier molecular flexibility index (Phi) is 6.48. The van der Waals surface area contributed by atoms with Gasteiger partial charge in [0.2, 0.25) is 0 Å². The van der Waals surface area contributed by atoms with E-state index in [1.165, 1.54) is 24.0 Å². The first-order valence-corrected chi connectivity index (χ1v) is 10.7. The van der Waals surface area contributed by atoms with Gasteiger partial charge in [0.15, 0.2) is 0 Å². The molecule has 3 aromatic carbocycles. The number of amides is 3. The number of hydrogen-bond acceptors (Lipinski definition) is 4. The van der Waals surface area contributed by atoms with Crippen LogP contribution in [0.25, 0.3) is 0 Å². The van der Waals surface area contributed by atoms with Gasteiger partial charge in [-0.15, -0.1) is 0 Å². The second kappa shape index (κ2) is 9.23. The van der Waals surface area contributed by atoms with Crippen LogP contribution in [-0.4, -0.2) is 26.4 Å². The van der Waals surface area contributed by atoms with E-state index in [9.17, 15) is 18.0 Å². The van der Waals surface area contributed by atoms with Gasteiger partial charge < -0.3 is 5.32 Å². The van der Waals surface area contributed by atoms with E-state index in [2.05, 4.69) is 5.32 Å². The molecule has 3 amide bonds. The Bertz CT molecular complexity index is 1070. The van der Waals surface area contributed by atoms with E-state index in [1.807, 2.05) is 16.9 Å². The van der Waals surface area contributed by atoms with Crippen molar-refractivity contribution in [2.75, 3.05) is 4.90 Å². The molecule has 3 aromatic rings. The van der Waals surface area contributed by atoms with Crippen molar-refractivity contribution in [2.24, 2.45) is 0 Å². The van der Waals surface area contributed by atoms with E-state index in [0.29, 0.717) is 11.4 Å². The van der Waals surface area contributed by atoms with Gasteiger partial charge in [-0.05, 0) is 43.3 Å². The van der Waals surface area contributed by atoms with Gasteiger partial charge in [-0.1, -0.05) is 54.6 Å². The van der Waals surface area contributed by atoms with E-state index in [0.717, 1.165) is 0 Å². The van der Waals surface area contributed by atoms with Crippen LogP contribution in [0.5, 0.6) is 0 Å². The van der Waals surface area contributed by atoms with Crippen molar-refractivity contribution < 1.29 is 18.0 Å². The standard InChI is InChI=1S/C22H21N3O4S/c1-17(23-22(27)24-30(28,29)20-15-9-4-10-16-20)21(26)25(18-11-5-2-6-12-18)19-13-7-3-8-14-19/h2-17H,1H3,(H2,23,24,27). The summed E-state index contributed by atoms with van der Waals surface area (Å²) in [6.45, 7) is 1.50. The highest BCUT2D eigenvalue weighted by Crippen LogP contribution is 2.25. The molecule has 7 nitrogen and oxygen atoms in total. The highest BCUT2D eigenvalue weighted by Gasteiger charge is 2.26. The fourth-order valence-electron chi connectivity index (χ4n) is 2.82. The van der Waals surface area contributed by atoms with Gasteiger partial charge in [0.05, 0.1) is 4.90 Å². The van der Waals surface area contributed by atoms with Gasteiger partial charge in [0.1, 0.15) is 6.04 Å². The minimum Gasteiger partial charge on any atom is -0.326 e. The summed E-state index contributed by atoms with van der Waals surface area (Å²) < 4.78 is 26.5. The lowest BCUT2D eigenvalue weighted by atomic mass is 10.2. The molecule has 0 radical (unpaired) electrons. The number of anilines is 2. The highest BCUT2D eigenvalue weighted by atomic mass is 32.2. The molecular formula is C22H21N3O4S. The summed E-state index contributed by atoms with van der Waals surface area (Å²) in [5.74, 6) is -0.417. The topological polar surface area (TPSA) is 95.6 Å². The number of carbonyl (C=O) groups excluding carboxylic acids is 2. The summed E-state index contributed by atoms with van der Waals surface area (Å²) in [6.07, 6.45) is 0. The van der Waals surface area contributed by atoms with Crippen molar-refractivity contribution in [3.8, 4) is 0 Å². The summed E-state index contributed by atoms with van der Waals surface area (Å²) in [4.78, 5) is 26.8. The maximum Gasteiger partial charge on any atom is 0.329 e. The number of carbonyl (C=O) groups is 2. The van der Waals surface area contributed by atoms with Crippen LogP contribution in [0, 0.1) is 0 Å². The second-order valence-electron chi connectivity index (χ2n) is 6.46. The third-order valence-electron chi connectivity index (χ3n) is 4.25. The van der Waals surface area contributed by atoms with Crippen LogP contribution >= 0.6 is 0 Å². The van der Waals surface area contributed by atoms with Crippen LogP contribution in [0.15, 0.2) is 95.9 Å². The number of sulfonamides is 1. The minimum absolute atomic E-state index is 0.0469. The van der Waals surface area contributed by atoms with Crippen molar-refractivity contribution in [3.05, 3.63) is 91.0 Å². The van der Waals surface area contributed by atoms with Crippen LogP contribution in [0.4, 0.5) is 16.2 Å². The molecule has 154 valence electrons. The molecule has 8 heteroatoms. The predicted molar refractivity (Wildman–Crippen MR) is 115 cm³/mol. The third-order valence-corrected chi connectivity index (χ3v) is 5.59. The molecule has 0 heterocycles. The molecule has 30 heavy (non-hydrogen) atoms. The lowest BCUT2D eigenvalue weighted by Crippen LogP contribution is -2.50. The zero-order chi connectivity index (χ0) is 21.6.